The molecular weight excluding hydrogens is 326 g/mol. The van der Waals surface area contributed by atoms with Gasteiger partial charge < -0.3 is 4.74 Å². The topological polar surface area (TPSA) is 9.23 Å². The maximum atomic E-state index is 12.4. The summed E-state index contributed by atoms with van der Waals surface area (Å²) in [6, 6.07) is 15.0. The zero-order valence-corrected chi connectivity index (χ0v) is 12.6. The van der Waals surface area contributed by atoms with E-state index in [-0.39, 0.29) is 10.6 Å². The van der Waals surface area contributed by atoms with Gasteiger partial charge in [0.1, 0.15) is 5.75 Å². The molecule has 20 heavy (non-hydrogen) atoms. The summed E-state index contributed by atoms with van der Waals surface area (Å²) in [5, 5.41) is 0. The second kappa shape index (κ2) is 6.84. The standard InChI is InChI=1S/C16H15BrF2O/c1-11-5-4-6-12(9-11)10-14(17)13-7-2-3-8-15(13)20-16(18)19/h2-9,14,16H,10H2,1H3. The Hall–Kier alpha value is -1.42. The second-order valence-electron chi connectivity index (χ2n) is 4.58. The molecule has 0 aliphatic carbocycles. The molecule has 1 unspecified atom stereocenters. The Labute approximate surface area is 125 Å². The van der Waals surface area contributed by atoms with Crippen LogP contribution in [0.2, 0.25) is 0 Å². The third-order valence-electron chi connectivity index (χ3n) is 2.97. The lowest BCUT2D eigenvalue weighted by molar-refractivity contribution is -0.0504. The van der Waals surface area contributed by atoms with E-state index in [1.54, 1.807) is 18.2 Å². The van der Waals surface area contributed by atoms with Gasteiger partial charge in [0, 0.05) is 10.4 Å². The third-order valence-corrected chi connectivity index (χ3v) is 3.79. The molecule has 2 rings (SSSR count). The van der Waals surface area contributed by atoms with E-state index in [1.807, 2.05) is 31.2 Å². The highest BCUT2D eigenvalue weighted by molar-refractivity contribution is 9.09. The van der Waals surface area contributed by atoms with E-state index in [0.717, 1.165) is 11.1 Å². The molecule has 1 atom stereocenters. The molecule has 0 N–H and O–H groups in total. The summed E-state index contributed by atoms with van der Waals surface area (Å²) >= 11 is 3.56. The Morgan fingerprint density at radius 2 is 1.85 bits per heavy atom. The van der Waals surface area contributed by atoms with Crippen LogP contribution < -0.4 is 4.74 Å². The molecule has 0 aromatic heterocycles. The Bertz CT molecular complexity index is 572. The molecule has 4 heteroatoms. The SMILES string of the molecule is Cc1cccc(CC(Br)c2ccccc2OC(F)F)c1. The normalized spacial score (nSPS) is 12.4. The maximum Gasteiger partial charge on any atom is 0.387 e. The number of hydrogen-bond donors (Lipinski definition) is 0. The molecule has 0 saturated heterocycles. The molecule has 0 heterocycles. The van der Waals surface area contributed by atoms with Gasteiger partial charge in [-0.1, -0.05) is 64.0 Å². The fourth-order valence-corrected chi connectivity index (χ4v) is 2.85. The summed E-state index contributed by atoms with van der Waals surface area (Å²) in [5.74, 6) is 0.219. The van der Waals surface area contributed by atoms with Crippen LogP contribution in [-0.4, -0.2) is 6.61 Å². The van der Waals surface area contributed by atoms with Crippen molar-refractivity contribution in [2.24, 2.45) is 0 Å². The van der Waals surface area contributed by atoms with Gasteiger partial charge in [0.05, 0.1) is 0 Å². The van der Waals surface area contributed by atoms with Crippen molar-refractivity contribution in [1.29, 1.82) is 0 Å². The molecule has 0 bridgehead atoms. The summed E-state index contributed by atoms with van der Waals surface area (Å²) in [6.45, 7) is -0.782. The number of halogens is 3. The fourth-order valence-electron chi connectivity index (χ4n) is 2.10. The van der Waals surface area contributed by atoms with Crippen molar-refractivity contribution in [2.75, 3.05) is 0 Å². The smallest absolute Gasteiger partial charge is 0.387 e. The van der Waals surface area contributed by atoms with Gasteiger partial charge in [0.15, 0.2) is 0 Å². The van der Waals surface area contributed by atoms with Crippen LogP contribution in [-0.2, 0) is 6.42 Å². The third kappa shape index (κ3) is 4.04. The van der Waals surface area contributed by atoms with Crippen LogP contribution in [0.5, 0.6) is 5.75 Å². The van der Waals surface area contributed by atoms with Gasteiger partial charge in [-0.2, -0.15) is 8.78 Å². The number of aryl methyl sites for hydroxylation is 1. The van der Waals surface area contributed by atoms with Crippen molar-refractivity contribution in [3.63, 3.8) is 0 Å². The van der Waals surface area contributed by atoms with Crippen molar-refractivity contribution < 1.29 is 13.5 Å². The summed E-state index contributed by atoms with van der Waals surface area (Å²) in [7, 11) is 0. The Balaban J connectivity index is 2.18. The van der Waals surface area contributed by atoms with E-state index < -0.39 is 6.61 Å². The van der Waals surface area contributed by atoms with Crippen molar-refractivity contribution in [2.45, 2.75) is 24.8 Å². The first-order chi connectivity index (χ1) is 9.56. The number of benzene rings is 2. The lowest BCUT2D eigenvalue weighted by Gasteiger charge is -2.15. The Morgan fingerprint density at radius 3 is 2.55 bits per heavy atom. The Kier molecular flexibility index (Phi) is 5.12. The molecule has 2 aromatic rings. The van der Waals surface area contributed by atoms with Crippen molar-refractivity contribution in [3.05, 3.63) is 65.2 Å². The summed E-state index contributed by atoms with van der Waals surface area (Å²) in [4.78, 5) is -0.0701. The Morgan fingerprint density at radius 1 is 1.10 bits per heavy atom. The minimum Gasteiger partial charge on any atom is -0.435 e. The number of ether oxygens (including phenoxy) is 1. The number of hydrogen-bond acceptors (Lipinski definition) is 1. The molecule has 0 saturated carbocycles. The quantitative estimate of drug-likeness (QED) is 0.673. The van der Waals surface area contributed by atoms with Gasteiger partial charge in [-0.05, 0) is 25.0 Å². The van der Waals surface area contributed by atoms with Crippen molar-refractivity contribution in [1.82, 2.24) is 0 Å². The van der Waals surface area contributed by atoms with Crippen LogP contribution in [0.3, 0.4) is 0 Å². The van der Waals surface area contributed by atoms with Crippen LogP contribution in [0.1, 0.15) is 21.5 Å². The predicted molar refractivity (Wildman–Crippen MR) is 79.6 cm³/mol. The van der Waals surface area contributed by atoms with Gasteiger partial charge in [0.2, 0.25) is 0 Å². The first-order valence-electron chi connectivity index (χ1n) is 6.29. The van der Waals surface area contributed by atoms with Gasteiger partial charge >= 0.3 is 6.61 Å². The van der Waals surface area contributed by atoms with Gasteiger partial charge in [-0.15, -0.1) is 0 Å². The average molecular weight is 341 g/mol. The highest BCUT2D eigenvalue weighted by Gasteiger charge is 2.16. The lowest BCUT2D eigenvalue weighted by Crippen LogP contribution is -2.06. The van der Waals surface area contributed by atoms with E-state index in [0.29, 0.717) is 6.42 Å². The molecule has 0 fully saturated rings. The van der Waals surface area contributed by atoms with Gasteiger partial charge in [0.25, 0.3) is 0 Å². The van der Waals surface area contributed by atoms with Crippen LogP contribution >= 0.6 is 15.9 Å². The zero-order valence-electron chi connectivity index (χ0n) is 11.0. The van der Waals surface area contributed by atoms with E-state index in [9.17, 15) is 8.78 Å². The van der Waals surface area contributed by atoms with Gasteiger partial charge in [-0.25, -0.2) is 0 Å². The zero-order chi connectivity index (χ0) is 14.5. The first-order valence-corrected chi connectivity index (χ1v) is 7.21. The van der Waals surface area contributed by atoms with E-state index in [2.05, 4.69) is 26.7 Å². The van der Waals surface area contributed by atoms with E-state index in [1.165, 1.54) is 5.56 Å². The van der Waals surface area contributed by atoms with Crippen molar-refractivity contribution in [3.8, 4) is 5.75 Å². The first kappa shape index (κ1) is 15.0. The highest BCUT2D eigenvalue weighted by Crippen LogP contribution is 2.34. The summed E-state index contributed by atoms with van der Waals surface area (Å²) in [5.41, 5.74) is 3.06. The lowest BCUT2D eigenvalue weighted by atomic mass is 10.0. The largest absolute Gasteiger partial charge is 0.435 e. The molecule has 0 radical (unpaired) electrons. The molecular formula is C16H15BrF2O. The molecule has 1 nitrogen and oxygen atoms in total. The van der Waals surface area contributed by atoms with Crippen LogP contribution in [0, 0.1) is 6.92 Å². The average Bonchev–Trinajstić information content (AvgIpc) is 2.38. The molecule has 0 aliphatic heterocycles. The highest BCUT2D eigenvalue weighted by atomic mass is 79.9. The molecule has 2 aromatic carbocycles. The molecule has 106 valence electrons. The monoisotopic (exact) mass is 340 g/mol. The summed E-state index contributed by atoms with van der Waals surface area (Å²) < 4.78 is 29.4. The van der Waals surface area contributed by atoms with Crippen LogP contribution in [0.15, 0.2) is 48.5 Å². The minimum absolute atomic E-state index is 0.0701. The maximum absolute atomic E-state index is 12.4. The molecule has 0 spiro atoms. The second-order valence-corrected chi connectivity index (χ2v) is 5.68. The number of rotatable bonds is 5. The van der Waals surface area contributed by atoms with Gasteiger partial charge in [-0.3, -0.25) is 0 Å². The number of alkyl halides is 3. The van der Waals surface area contributed by atoms with Crippen LogP contribution in [0.25, 0.3) is 0 Å². The van der Waals surface area contributed by atoms with Crippen LogP contribution in [0.4, 0.5) is 8.78 Å². The van der Waals surface area contributed by atoms with E-state index >= 15 is 0 Å². The predicted octanol–water partition coefficient (Wildman–Crippen LogP) is 5.28. The minimum atomic E-state index is -2.81. The van der Waals surface area contributed by atoms with E-state index in [4.69, 9.17) is 0 Å². The number of para-hydroxylation sites is 1. The molecule has 0 amide bonds. The summed E-state index contributed by atoms with van der Waals surface area (Å²) in [6.07, 6.45) is 0.714. The molecule has 0 aliphatic rings. The fraction of sp³-hybridized carbons (Fsp3) is 0.250. The van der Waals surface area contributed by atoms with Crippen molar-refractivity contribution >= 4 is 15.9 Å².